The van der Waals surface area contributed by atoms with Crippen LogP contribution >= 0.6 is 27.3 Å². The number of hydrogen-bond acceptors (Lipinski definition) is 5. The molecule has 0 N–H and O–H groups in total. The zero-order valence-electron chi connectivity index (χ0n) is 9.85. The van der Waals surface area contributed by atoms with Gasteiger partial charge < -0.3 is 9.47 Å². The van der Waals surface area contributed by atoms with Crippen LogP contribution in [0.3, 0.4) is 0 Å². The smallest absolute Gasteiger partial charge is 0.161 e. The summed E-state index contributed by atoms with van der Waals surface area (Å²) < 4.78 is 11.8. The van der Waals surface area contributed by atoms with Gasteiger partial charge in [0.2, 0.25) is 0 Å². The van der Waals surface area contributed by atoms with Gasteiger partial charge in [-0.25, -0.2) is 4.98 Å². The summed E-state index contributed by atoms with van der Waals surface area (Å²) >= 11 is 4.64. The van der Waals surface area contributed by atoms with Crippen LogP contribution in [0.4, 0.5) is 0 Å². The Kier molecular flexibility index (Phi) is 3.40. The van der Waals surface area contributed by atoms with Gasteiger partial charge in [-0.15, -0.1) is 11.3 Å². The average molecular weight is 337 g/mol. The van der Waals surface area contributed by atoms with Gasteiger partial charge >= 0.3 is 0 Å². The van der Waals surface area contributed by atoms with E-state index in [9.17, 15) is 0 Å². The third-order valence-corrected chi connectivity index (χ3v) is 4.53. The normalized spacial score (nSPS) is 13.7. The summed E-state index contributed by atoms with van der Waals surface area (Å²) in [6, 6.07) is 7.84. The Morgan fingerprint density at radius 3 is 2.79 bits per heavy atom. The highest BCUT2D eigenvalue weighted by Crippen LogP contribution is 2.37. The Hall–Kier alpha value is -1.58. The maximum Gasteiger partial charge on any atom is 0.161 e. The molecular weight excluding hydrogens is 328 g/mol. The molecular formula is C13H9BrN2O2S. The van der Waals surface area contributed by atoms with Gasteiger partial charge in [-0.05, 0) is 34.1 Å². The van der Waals surface area contributed by atoms with Gasteiger partial charge in [0.05, 0.1) is 13.2 Å². The molecule has 0 bridgehead atoms. The Bertz CT molecular complexity index is 663. The molecule has 3 rings (SSSR count). The number of nitriles is 1. The van der Waals surface area contributed by atoms with E-state index in [1.165, 1.54) is 11.3 Å². The second kappa shape index (κ2) is 5.19. The average Bonchev–Trinajstić information content (AvgIpc) is 2.66. The monoisotopic (exact) mass is 336 g/mol. The molecule has 1 aromatic carbocycles. The van der Waals surface area contributed by atoms with Crippen LogP contribution < -0.4 is 9.47 Å². The minimum atomic E-state index is 0.571. The molecule has 1 aliphatic heterocycles. The molecule has 0 saturated heterocycles. The standard InChI is InChI=1S/C13H9BrN2O2S/c14-12-11(7-15)19-13(16-12)8-2-3-9-10(6-8)18-5-1-4-17-9/h2-3,6H,1,4-5H2. The van der Waals surface area contributed by atoms with Crippen molar-refractivity contribution in [3.63, 3.8) is 0 Å². The summed E-state index contributed by atoms with van der Waals surface area (Å²) in [5, 5.41) is 9.74. The summed E-state index contributed by atoms with van der Waals surface area (Å²) in [4.78, 5) is 4.91. The van der Waals surface area contributed by atoms with Crippen LogP contribution in [0.25, 0.3) is 10.6 Å². The summed E-state index contributed by atoms with van der Waals surface area (Å²) in [5.41, 5.74) is 0.927. The third kappa shape index (κ3) is 2.44. The first-order chi connectivity index (χ1) is 9.28. The van der Waals surface area contributed by atoms with E-state index >= 15 is 0 Å². The van der Waals surface area contributed by atoms with Crippen molar-refractivity contribution in [3.05, 3.63) is 27.7 Å². The largest absolute Gasteiger partial charge is 0.490 e. The minimum absolute atomic E-state index is 0.571. The first kappa shape index (κ1) is 12.5. The minimum Gasteiger partial charge on any atom is -0.490 e. The van der Waals surface area contributed by atoms with E-state index in [-0.39, 0.29) is 0 Å². The van der Waals surface area contributed by atoms with Crippen LogP contribution in [0.1, 0.15) is 11.3 Å². The van der Waals surface area contributed by atoms with Gasteiger partial charge in [0.1, 0.15) is 20.6 Å². The van der Waals surface area contributed by atoms with E-state index in [0.29, 0.717) is 22.7 Å². The molecule has 4 nitrogen and oxygen atoms in total. The maximum atomic E-state index is 8.95. The number of halogens is 1. The lowest BCUT2D eigenvalue weighted by Gasteiger charge is -2.07. The van der Waals surface area contributed by atoms with Crippen molar-refractivity contribution < 1.29 is 9.47 Å². The predicted octanol–water partition coefficient (Wildman–Crippen LogP) is 3.61. The maximum absolute atomic E-state index is 8.95. The third-order valence-electron chi connectivity index (χ3n) is 2.68. The Morgan fingerprint density at radius 2 is 2.05 bits per heavy atom. The number of fused-ring (bicyclic) bond motifs is 1. The molecule has 0 unspecified atom stereocenters. The van der Waals surface area contributed by atoms with Gasteiger partial charge in [-0.1, -0.05) is 0 Å². The van der Waals surface area contributed by atoms with Crippen molar-refractivity contribution in [1.82, 2.24) is 4.98 Å². The molecule has 0 saturated carbocycles. The van der Waals surface area contributed by atoms with E-state index in [2.05, 4.69) is 27.0 Å². The van der Waals surface area contributed by atoms with Crippen molar-refractivity contribution >= 4 is 27.3 Å². The molecule has 0 radical (unpaired) electrons. The molecule has 1 aliphatic rings. The lowest BCUT2D eigenvalue weighted by molar-refractivity contribution is 0.297. The quantitative estimate of drug-likeness (QED) is 0.798. The van der Waals surface area contributed by atoms with Gasteiger partial charge in [-0.2, -0.15) is 5.26 Å². The summed E-state index contributed by atoms with van der Waals surface area (Å²) in [7, 11) is 0. The lowest BCUT2D eigenvalue weighted by Crippen LogP contribution is -1.97. The number of rotatable bonds is 1. The number of thiazole rings is 1. The lowest BCUT2D eigenvalue weighted by atomic mass is 10.2. The molecule has 6 heteroatoms. The topological polar surface area (TPSA) is 55.1 Å². The summed E-state index contributed by atoms with van der Waals surface area (Å²) in [6.07, 6.45) is 0.880. The fourth-order valence-electron chi connectivity index (χ4n) is 1.79. The Morgan fingerprint density at radius 1 is 1.26 bits per heavy atom. The van der Waals surface area contributed by atoms with Crippen LogP contribution in [-0.2, 0) is 0 Å². The van der Waals surface area contributed by atoms with Crippen LogP contribution in [0.5, 0.6) is 11.5 Å². The van der Waals surface area contributed by atoms with E-state index in [0.717, 1.165) is 28.5 Å². The molecule has 1 aromatic heterocycles. The van der Waals surface area contributed by atoms with Gasteiger partial charge in [-0.3, -0.25) is 0 Å². The molecule has 0 spiro atoms. The molecule has 19 heavy (non-hydrogen) atoms. The van der Waals surface area contributed by atoms with Crippen molar-refractivity contribution in [2.45, 2.75) is 6.42 Å². The van der Waals surface area contributed by atoms with E-state index in [4.69, 9.17) is 14.7 Å². The second-order valence-corrected chi connectivity index (χ2v) is 5.71. The van der Waals surface area contributed by atoms with Crippen LogP contribution in [0.15, 0.2) is 22.8 Å². The van der Waals surface area contributed by atoms with Crippen LogP contribution in [-0.4, -0.2) is 18.2 Å². The zero-order chi connectivity index (χ0) is 13.2. The number of hydrogen-bond donors (Lipinski definition) is 0. The highest BCUT2D eigenvalue weighted by atomic mass is 79.9. The highest BCUT2D eigenvalue weighted by Gasteiger charge is 2.14. The number of ether oxygens (including phenoxy) is 2. The van der Waals surface area contributed by atoms with Crippen LogP contribution in [0.2, 0.25) is 0 Å². The Balaban J connectivity index is 2.01. The predicted molar refractivity (Wildman–Crippen MR) is 75.6 cm³/mol. The van der Waals surface area contributed by atoms with Crippen LogP contribution in [0, 0.1) is 11.3 Å². The SMILES string of the molecule is N#Cc1sc(-c2ccc3c(c2)OCCCO3)nc1Br. The zero-order valence-corrected chi connectivity index (χ0v) is 12.3. The van der Waals surface area contributed by atoms with E-state index in [1.807, 2.05) is 18.2 Å². The summed E-state index contributed by atoms with van der Waals surface area (Å²) in [5.74, 6) is 1.50. The number of aromatic nitrogens is 1. The molecule has 0 aliphatic carbocycles. The fourth-order valence-corrected chi connectivity index (χ4v) is 3.17. The molecule has 0 fully saturated rings. The van der Waals surface area contributed by atoms with Gasteiger partial charge in [0.25, 0.3) is 0 Å². The van der Waals surface area contributed by atoms with E-state index in [1.54, 1.807) is 0 Å². The number of benzene rings is 1. The first-order valence-electron chi connectivity index (χ1n) is 5.74. The molecule has 0 atom stereocenters. The number of nitrogens with zero attached hydrogens (tertiary/aromatic N) is 2. The fraction of sp³-hybridized carbons (Fsp3) is 0.231. The van der Waals surface area contributed by atoms with Crippen molar-refractivity contribution in [1.29, 1.82) is 5.26 Å². The Labute approximate surface area is 122 Å². The van der Waals surface area contributed by atoms with E-state index < -0.39 is 0 Å². The van der Waals surface area contributed by atoms with Gasteiger partial charge in [0, 0.05) is 12.0 Å². The first-order valence-corrected chi connectivity index (χ1v) is 7.35. The van der Waals surface area contributed by atoms with Crippen molar-refractivity contribution in [2.75, 3.05) is 13.2 Å². The molecule has 2 heterocycles. The van der Waals surface area contributed by atoms with Crippen molar-refractivity contribution in [3.8, 4) is 28.1 Å². The molecule has 2 aromatic rings. The summed E-state index contributed by atoms with van der Waals surface area (Å²) in [6.45, 7) is 1.33. The van der Waals surface area contributed by atoms with Gasteiger partial charge in [0.15, 0.2) is 11.5 Å². The molecule has 96 valence electrons. The molecule has 0 amide bonds. The highest BCUT2D eigenvalue weighted by molar-refractivity contribution is 9.10. The van der Waals surface area contributed by atoms with Crippen molar-refractivity contribution in [2.24, 2.45) is 0 Å². The second-order valence-electron chi connectivity index (χ2n) is 3.96.